The maximum absolute atomic E-state index is 12.2. The summed E-state index contributed by atoms with van der Waals surface area (Å²) in [5.74, 6) is -0.514. The summed E-state index contributed by atoms with van der Waals surface area (Å²) in [6.45, 7) is 1.62. The molecule has 0 saturated heterocycles. The van der Waals surface area contributed by atoms with Crippen molar-refractivity contribution in [1.29, 1.82) is 0 Å². The van der Waals surface area contributed by atoms with Gasteiger partial charge in [-0.3, -0.25) is 4.79 Å². The Morgan fingerprint density at radius 3 is 2.62 bits per heavy atom. The van der Waals surface area contributed by atoms with Crippen LogP contribution in [0.25, 0.3) is 0 Å². The van der Waals surface area contributed by atoms with Crippen molar-refractivity contribution in [3.8, 4) is 5.75 Å². The molecule has 21 heavy (non-hydrogen) atoms. The van der Waals surface area contributed by atoms with Crippen LogP contribution in [0.4, 0.5) is 5.69 Å². The molecule has 6 heteroatoms. The molecule has 1 amide bonds. The number of hydrogen-bond donors (Lipinski definition) is 3. The Labute approximate surface area is 126 Å². The largest absolute Gasteiger partial charge is 0.508 e. The van der Waals surface area contributed by atoms with Crippen molar-refractivity contribution >= 4 is 28.9 Å². The van der Waals surface area contributed by atoms with E-state index in [9.17, 15) is 9.90 Å². The molecule has 0 fully saturated rings. The van der Waals surface area contributed by atoms with E-state index in [4.69, 9.17) is 16.8 Å². The number of carbonyl (C=O) groups is 1. The second kappa shape index (κ2) is 6.28. The van der Waals surface area contributed by atoms with E-state index >= 15 is 0 Å². The summed E-state index contributed by atoms with van der Waals surface area (Å²) in [4.78, 5) is 12.2. The van der Waals surface area contributed by atoms with Crippen molar-refractivity contribution in [1.82, 2.24) is 0 Å². The van der Waals surface area contributed by atoms with E-state index in [0.29, 0.717) is 17.0 Å². The van der Waals surface area contributed by atoms with Crippen LogP contribution in [-0.4, -0.2) is 21.9 Å². The van der Waals surface area contributed by atoms with Crippen LogP contribution in [0.2, 0.25) is 5.02 Å². The van der Waals surface area contributed by atoms with E-state index < -0.39 is 5.91 Å². The van der Waals surface area contributed by atoms with E-state index in [2.05, 4.69) is 10.5 Å². The van der Waals surface area contributed by atoms with Gasteiger partial charge in [0.1, 0.15) is 5.75 Å². The van der Waals surface area contributed by atoms with Gasteiger partial charge in [-0.1, -0.05) is 35.0 Å². The number of amides is 1. The van der Waals surface area contributed by atoms with Gasteiger partial charge >= 0.3 is 0 Å². The molecule has 0 spiro atoms. The summed E-state index contributed by atoms with van der Waals surface area (Å²) < 4.78 is 0. The van der Waals surface area contributed by atoms with Crippen LogP contribution in [0.5, 0.6) is 5.75 Å². The number of hydrogen-bond acceptors (Lipinski definition) is 4. The number of phenolic OH excluding ortho intramolecular Hbond substituents is 1. The number of phenols is 1. The molecule has 2 rings (SSSR count). The minimum atomic E-state index is -0.464. The third-order valence-corrected chi connectivity index (χ3v) is 3.24. The molecule has 0 bridgehead atoms. The fraction of sp³-hybridized carbons (Fsp3) is 0.0667. The first-order valence-corrected chi connectivity index (χ1v) is 6.48. The van der Waals surface area contributed by atoms with E-state index in [0.717, 1.165) is 0 Å². The van der Waals surface area contributed by atoms with Crippen LogP contribution in [0.3, 0.4) is 0 Å². The number of nitrogens with zero attached hydrogens (tertiary/aromatic N) is 1. The lowest BCUT2D eigenvalue weighted by atomic mass is 10.1. The third kappa shape index (κ3) is 3.32. The number of para-hydroxylation sites is 1. The highest BCUT2D eigenvalue weighted by molar-refractivity contribution is 6.34. The Hall–Kier alpha value is -2.53. The predicted octanol–water partition coefficient (Wildman–Crippen LogP) is 3.50. The topological polar surface area (TPSA) is 81.9 Å². The van der Waals surface area contributed by atoms with Crippen molar-refractivity contribution in [2.75, 3.05) is 5.32 Å². The van der Waals surface area contributed by atoms with Crippen LogP contribution in [0.1, 0.15) is 22.8 Å². The van der Waals surface area contributed by atoms with E-state index in [1.54, 1.807) is 31.2 Å². The second-order valence-corrected chi connectivity index (χ2v) is 4.76. The molecule has 2 aromatic carbocycles. The van der Waals surface area contributed by atoms with Crippen LogP contribution >= 0.6 is 11.6 Å². The molecule has 3 N–H and O–H groups in total. The maximum Gasteiger partial charge on any atom is 0.257 e. The van der Waals surface area contributed by atoms with Crippen LogP contribution in [0.15, 0.2) is 47.6 Å². The first kappa shape index (κ1) is 14.9. The maximum atomic E-state index is 12.2. The van der Waals surface area contributed by atoms with Crippen molar-refractivity contribution < 1.29 is 15.1 Å². The Morgan fingerprint density at radius 1 is 1.19 bits per heavy atom. The number of anilines is 1. The summed E-state index contributed by atoms with van der Waals surface area (Å²) in [6.07, 6.45) is 0. The summed E-state index contributed by atoms with van der Waals surface area (Å²) in [7, 11) is 0. The molecule has 108 valence electrons. The highest BCUT2D eigenvalue weighted by Crippen LogP contribution is 2.23. The number of halogens is 1. The van der Waals surface area contributed by atoms with Crippen molar-refractivity contribution in [3.05, 3.63) is 58.6 Å². The molecular weight excluding hydrogens is 292 g/mol. The molecular formula is C15H13ClN2O3. The molecule has 0 radical (unpaired) electrons. The van der Waals surface area contributed by atoms with Crippen molar-refractivity contribution in [3.63, 3.8) is 0 Å². The van der Waals surface area contributed by atoms with Gasteiger partial charge in [0, 0.05) is 5.56 Å². The fourth-order valence-electron chi connectivity index (χ4n) is 1.84. The Kier molecular flexibility index (Phi) is 4.45. The molecule has 0 aliphatic heterocycles. The Morgan fingerprint density at radius 2 is 1.90 bits per heavy atom. The molecule has 2 aromatic rings. The quantitative estimate of drug-likeness (QED) is 0.461. The van der Waals surface area contributed by atoms with E-state index in [1.165, 1.54) is 18.2 Å². The van der Waals surface area contributed by atoms with Crippen LogP contribution < -0.4 is 5.32 Å². The lowest BCUT2D eigenvalue weighted by Gasteiger charge is -2.11. The molecule has 0 unspecified atom stereocenters. The van der Waals surface area contributed by atoms with E-state index in [-0.39, 0.29) is 16.3 Å². The van der Waals surface area contributed by atoms with Crippen LogP contribution in [0, 0.1) is 0 Å². The molecule has 0 aromatic heterocycles. The lowest BCUT2D eigenvalue weighted by molar-refractivity contribution is 0.102. The highest BCUT2D eigenvalue weighted by atomic mass is 35.5. The van der Waals surface area contributed by atoms with Crippen molar-refractivity contribution in [2.45, 2.75) is 6.92 Å². The Balaban J connectivity index is 2.34. The van der Waals surface area contributed by atoms with Crippen LogP contribution in [-0.2, 0) is 0 Å². The number of aromatic hydroxyl groups is 1. The number of oxime groups is 1. The van der Waals surface area contributed by atoms with Gasteiger partial charge in [-0.15, -0.1) is 0 Å². The second-order valence-electron chi connectivity index (χ2n) is 4.35. The molecule has 0 atom stereocenters. The van der Waals surface area contributed by atoms with Gasteiger partial charge in [0.2, 0.25) is 0 Å². The molecule has 0 heterocycles. The predicted molar refractivity (Wildman–Crippen MR) is 81.5 cm³/mol. The number of benzene rings is 2. The molecule has 0 aliphatic carbocycles. The average Bonchev–Trinajstić information content (AvgIpc) is 2.49. The number of carbonyl (C=O) groups excluding carboxylic acids is 1. The molecule has 0 aliphatic rings. The van der Waals surface area contributed by atoms with Gasteiger partial charge in [-0.05, 0) is 31.2 Å². The zero-order valence-electron chi connectivity index (χ0n) is 11.2. The van der Waals surface area contributed by atoms with Gasteiger partial charge < -0.3 is 15.6 Å². The minimum absolute atomic E-state index is 0.0501. The monoisotopic (exact) mass is 304 g/mol. The highest BCUT2D eigenvalue weighted by Gasteiger charge is 2.14. The number of nitrogens with one attached hydrogen (secondary N) is 1. The summed E-state index contributed by atoms with van der Waals surface area (Å²) in [6, 6.07) is 11.0. The van der Waals surface area contributed by atoms with Crippen molar-refractivity contribution in [2.24, 2.45) is 5.16 Å². The third-order valence-electron chi connectivity index (χ3n) is 2.91. The van der Waals surface area contributed by atoms with Gasteiger partial charge in [0.15, 0.2) is 0 Å². The SMILES string of the molecule is C/C(=N/O)c1ccccc1NC(=O)c1cc(O)ccc1Cl. The standard InChI is InChI=1S/C15H13ClN2O3/c1-9(18-21)11-4-2-3-5-14(11)17-15(20)12-8-10(19)6-7-13(12)16/h2-8,19,21H,1H3,(H,17,20)/b18-9-. The van der Waals surface area contributed by atoms with Gasteiger partial charge in [0.25, 0.3) is 5.91 Å². The minimum Gasteiger partial charge on any atom is -0.508 e. The lowest BCUT2D eigenvalue weighted by Crippen LogP contribution is -2.15. The molecule has 0 saturated carbocycles. The fourth-order valence-corrected chi connectivity index (χ4v) is 2.04. The zero-order valence-corrected chi connectivity index (χ0v) is 11.9. The number of rotatable bonds is 3. The zero-order chi connectivity index (χ0) is 15.4. The summed E-state index contributed by atoms with van der Waals surface area (Å²) in [5, 5.41) is 24.4. The first-order valence-electron chi connectivity index (χ1n) is 6.11. The summed E-state index contributed by atoms with van der Waals surface area (Å²) in [5.41, 5.74) is 1.60. The first-order chi connectivity index (χ1) is 10.0. The average molecular weight is 305 g/mol. The van der Waals surface area contributed by atoms with Gasteiger partial charge in [-0.25, -0.2) is 0 Å². The summed E-state index contributed by atoms with van der Waals surface area (Å²) >= 11 is 5.95. The van der Waals surface area contributed by atoms with Gasteiger partial charge in [0.05, 0.1) is 22.0 Å². The smallest absolute Gasteiger partial charge is 0.257 e. The normalized spacial score (nSPS) is 11.2. The Bertz CT molecular complexity index is 714. The van der Waals surface area contributed by atoms with Gasteiger partial charge in [-0.2, -0.15) is 0 Å². The molecule has 5 nitrogen and oxygen atoms in total. The van der Waals surface area contributed by atoms with E-state index in [1.807, 2.05) is 0 Å².